The second kappa shape index (κ2) is 8.39. The number of anilines is 1. The van der Waals surface area contributed by atoms with Gasteiger partial charge in [-0.2, -0.15) is 0 Å². The molecule has 1 aromatic heterocycles. The van der Waals surface area contributed by atoms with Crippen LogP contribution in [0, 0.1) is 20.8 Å². The zero-order chi connectivity index (χ0) is 20.1. The molecule has 2 N–H and O–H groups in total. The van der Waals surface area contributed by atoms with Gasteiger partial charge in [0.2, 0.25) is 0 Å². The molecule has 0 radical (unpaired) electrons. The predicted octanol–water partition coefficient (Wildman–Crippen LogP) is 4.61. The van der Waals surface area contributed by atoms with Crippen LogP contribution >= 0.6 is 0 Å². The Labute approximate surface area is 164 Å². The Kier molecular flexibility index (Phi) is 5.75. The van der Waals surface area contributed by atoms with E-state index in [9.17, 15) is 9.59 Å². The van der Waals surface area contributed by atoms with Crippen molar-refractivity contribution in [3.8, 4) is 0 Å². The highest BCUT2D eigenvalue weighted by Gasteiger charge is 2.16. The topological polar surface area (TPSA) is 71.3 Å². The molecular weight excluding hydrogens is 352 g/mol. The molecule has 0 unspecified atom stereocenters. The summed E-state index contributed by atoms with van der Waals surface area (Å²) < 4.78 is 5.30. The second-order valence-electron chi connectivity index (χ2n) is 6.65. The molecule has 0 fully saturated rings. The second-order valence-corrected chi connectivity index (χ2v) is 6.65. The lowest BCUT2D eigenvalue weighted by molar-refractivity contribution is -0.113. The third-order valence-corrected chi connectivity index (χ3v) is 4.37. The molecule has 0 saturated heterocycles. The Morgan fingerprint density at radius 2 is 1.75 bits per heavy atom. The van der Waals surface area contributed by atoms with Gasteiger partial charge in [-0.05, 0) is 73.9 Å². The molecule has 1 heterocycles. The van der Waals surface area contributed by atoms with Gasteiger partial charge in [0.1, 0.15) is 11.5 Å². The van der Waals surface area contributed by atoms with Gasteiger partial charge in [-0.1, -0.05) is 18.2 Å². The van der Waals surface area contributed by atoms with Crippen LogP contribution in [-0.4, -0.2) is 11.8 Å². The van der Waals surface area contributed by atoms with Crippen LogP contribution in [0.5, 0.6) is 0 Å². The highest BCUT2D eigenvalue weighted by Crippen LogP contribution is 2.14. The molecule has 0 spiro atoms. The van der Waals surface area contributed by atoms with Crippen LogP contribution in [0.15, 0.2) is 71.0 Å². The van der Waals surface area contributed by atoms with Crippen molar-refractivity contribution in [1.82, 2.24) is 5.32 Å². The Bertz CT molecular complexity index is 1030. The summed E-state index contributed by atoms with van der Waals surface area (Å²) in [5.74, 6) is -0.325. The number of furan rings is 1. The van der Waals surface area contributed by atoms with Crippen molar-refractivity contribution in [3.63, 3.8) is 0 Å². The molecule has 0 aliphatic rings. The molecule has 0 saturated carbocycles. The Balaban J connectivity index is 1.85. The van der Waals surface area contributed by atoms with E-state index in [1.807, 2.05) is 45.0 Å². The van der Waals surface area contributed by atoms with Crippen molar-refractivity contribution >= 4 is 23.6 Å². The normalized spacial score (nSPS) is 11.2. The number of carbonyl (C=O) groups is 2. The summed E-state index contributed by atoms with van der Waals surface area (Å²) in [7, 11) is 0. The van der Waals surface area contributed by atoms with E-state index < -0.39 is 5.91 Å². The summed E-state index contributed by atoms with van der Waals surface area (Å²) >= 11 is 0. The average Bonchev–Trinajstić information content (AvgIpc) is 3.16. The highest BCUT2D eigenvalue weighted by atomic mass is 16.3. The molecular formula is C23H22N2O3. The number of amides is 2. The van der Waals surface area contributed by atoms with Crippen molar-refractivity contribution in [2.75, 3.05) is 5.32 Å². The van der Waals surface area contributed by atoms with Gasteiger partial charge in [-0.15, -0.1) is 0 Å². The largest absolute Gasteiger partial charge is 0.465 e. The smallest absolute Gasteiger partial charge is 0.272 e. The maximum absolute atomic E-state index is 12.8. The lowest BCUT2D eigenvalue weighted by atomic mass is 10.1. The maximum atomic E-state index is 12.8. The minimum Gasteiger partial charge on any atom is -0.465 e. The van der Waals surface area contributed by atoms with E-state index in [1.165, 1.54) is 12.3 Å². The first kappa shape index (κ1) is 19.2. The van der Waals surface area contributed by atoms with E-state index in [0.29, 0.717) is 17.0 Å². The number of hydrogen-bond acceptors (Lipinski definition) is 3. The number of hydrogen-bond donors (Lipinski definition) is 2. The van der Waals surface area contributed by atoms with Crippen molar-refractivity contribution in [2.24, 2.45) is 0 Å². The van der Waals surface area contributed by atoms with Crippen LogP contribution in [0.3, 0.4) is 0 Å². The van der Waals surface area contributed by atoms with Gasteiger partial charge in [0.05, 0.1) is 6.26 Å². The molecule has 0 bridgehead atoms. The summed E-state index contributed by atoms with van der Waals surface area (Å²) in [5, 5.41) is 5.51. The van der Waals surface area contributed by atoms with E-state index in [1.54, 1.807) is 30.3 Å². The van der Waals surface area contributed by atoms with E-state index in [-0.39, 0.29) is 11.6 Å². The van der Waals surface area contributed by atoms with E-state index in [0.717, 1.165) is 16.7 Å². The van der Waals surface area contributed by atoms with E-state index >= 15 is 0 Å². The summed E-state index contributed by atoms with van der Waals surface area (Å²) in [6.07, 6.45) is 3.01. The van der Waals surface area contributed by atoms with Crippen LogP contribution < -0.4 is 10.6 Å². The summed E-state index contributed by atoms with van der Waals surface area (Å²) in [5.41, 5.74) is 4.36. The molecule has 5 heteroatoms. The average molecular weight is 374 g/mol. The molecule has 0 aliphatic carbocycles. The molecule has 0 atom stereocenters. The zero-order valence-electron chi connectivity index (χ0n) is 16.1. The standard InChI is InChI=1S/C23H22N2O3/c1-15-6-4-7-19(12-15)24-23(27)21(14-20-8-5-11-28-20)25-22(26)18-10-9-16(2)17(3)13-18/h4-14H,1-3H3,(H,24,27)(H,25,26)/b21-14+. The molecule has 3 aromatic rings. The molecule has 2 amide bonds. The number of nitrogens with one attached hydrogen (secondary N) is 2. The number of carbonyl (C=O) groups excluding carboxylic acids is 2. The van der Waals surface area contributed by atoms with Gasteiger partial charge in [-0.3, -0.25) is 9.59 Å². The third kappa shape index (κ3) is 4.76. The van der Waals surface area contributed by atoms with Gasteiger partial charge in [0.25, 0.3) is 11.8 Å². The van der Waals surface area contributed by atoms with Crippen LogP contribution in [0.4, 0.5) is 5.69 Å². The van der Waals surface area contributed by atoms with Crippen molar-refractivity contribution < 1.29 is 14.0 Å². The minimum atomic E-state index is -0.431. The van der Waals surface area contributed by atoms with Gasteiger partial charge >= 0.3 is 0 Å². The van der Waals surface area contributed by atoms with Crippen molar-refractivity contribution in [1.29, 1.82) is 0 Å². The van der Waals surface area contributed by atoms with Crippen LogP contribution in [0.1, 0.15) is 32.8 Å². The molecule has 142 valence electrons. The third-order valence-electron chi connectivity index (χ3n) is 4.37. The first-order valence-electron chi connectivity index (χ1n) is 8.94. The fraction of sp³-hybridized carbons (Fsp3) is 0.130. The van der Waals surface area contributed by atoms with Crippen molar-refractivity contribution in [3.05, 3.63) is 94.6 Å². The first-order valence-corrected chi connectivity index (χ1v) is 8.94. The van der Waals surface area contributed by atoms with Gasteiger partial charge < -0.3 is 15.1 Å². The van der Waals surface area contributed by atoms with Crippen LogP contribution in [0.2, 0.25) is 0 Å². The fourth-order valence-electron chi connectivity index (χ4n) is 2.67. The van der Waals surface area contributed by atoms with Crippen LogP contribution in [0.25, 0.3) is 6.08 Å². The molecule has 5 nitrogen and oxygen atoms in total. The molecule has 2 aromatic carbocycles. The lowest BCUT2D eigenvalue weighted by Gasteiger charge is -2.12. The minimum absolute atomic E-state index is 0.0969. The number of benzene rings is 2. The maximum Gasteiger partial charge on any atom is 0.272 e. The van der Waals surface area contributed by atoms with E-state index in [2.05, 4.69) is 10.6 Å². The number of aryl methyl sites for hydroxylation is 3. The number of rotatable bonds is 5. The molecule has 28 heavy (non-hydrogen) atoms. The first-order chi connectivity index (χ1) is 13.4. The van der Waals surface area contributed by atoms with Gasteiger partial charge in [0, 0.05) is 17.3 Å². The Hall–Kier alpha value is -3.60. The Morgan fingerprint density at radius 1 is 0.929 bits per heavy atom. The zero-order valence-corrected chi connectivity index (χ0v) is 16.1. The van der Waals surface area contributed by atoms with Gasteiger partial charge in [0.15, 0.2) is 0 Å². The summed E-state index contributed by atoms with van der Waals surface area (Å²) in [4.78, 5) is 25.5. The fourth-order valence-corrected chi connectivity index (χ4v) is 2.67. The van der Waals surface area contributed by atoms with Gasteiger partial charge in [-0.25, -0.2) is 0 Å². The quantitative estimate of drug-likeness (QED) is 0.641. The molecule has 3 rings (SSSR count). The van der Waals surface area contributed by atoms with E-state index in [4.69, 9.17) is 4.42 Å². The summed E-state index contributed by atoms with van der Waals surface area (Å²) in [6.45, 7) is 5.86. The Morgan fingerprint density at radius 3 is 2.43 bits per heavy atom. The monoisotopic (exact) mass is 374 g/mol. The highest BCUT2D eigenvalue weighted by molar-refractivity contribution is 6.10. The predicted molar refractivity (Wildman–Crippen MR) is 110 cm³/mol. The van der Waals surface area contributed by atoms with Crippen LogP contribution in [-0.2, 0) is 4.79 Å². The SMILES string of the molecule is Cc1cccc(NC(=O)/C(=C\c2ccco2)NC(=O)c2ccc(C)c(C)c2)c1. The van der Waals surface area contributed by atoms with Crippen molar-refractivity contribution in [2.45, 2.75) is 20.8 Å². The molecule has 0 aliphatic heterocycles. The summed E-state index contributed by atoms with van der Waals surface area (Å²) in [6, 6.07) is 16.3. The lowest BCUT2D eigenvalue weighted by Crippen LogP contribution is -2.30.